The second-order valence-corrected chi connectivity index (χ2v) is 7.65. The summed E-state index contributed by atoms with van der Waals surface area (Å²) in [6.45, 7) is 6.92. The van der Waals surface area contributed by atoms with Crippen LogP contribution in [-0.2, 0) is 11.4 Å². The van der Waals surface area contributed by atoms with Crippen molar-refractivity contribution in [2.75, 3.05) is 5.32 Å². The van der Waals surface area contributed by atoms with Crippen molar-refractivity contribution in [2.24, 2.45) is 0 Å². The van der Waals surface area contributed by atoms with E-state index in [1.54, 1.807) is 27.7 Å². The van der Waals surface area contributed by atoms with Gasteiger partial charge in [-0.05, 0) is 39.8 Å². The minimum Gasteiger partial charge on any atom is -0.598 e. The molecule has 0 spiro atoms. The summed E-state index contributed by atoms with van der Waals surface area (Å²) in [6.07, 6.45) is -4.20. The van der Waals surface area contributed by atoms with Crippen LogP contribution in [0.25, 0.3) is 0 Å². The zero-order valence-electron chi connectivity index (χ0n) is 12.7. The highest BCUT2D eigenvalue weighted by molar-refractivity contribution is 7.90. The lowest BCUT2D eigenvalue weighted by Crippen LogP contribution is -2.40. The van der Waals surface area contributed by atoms with Crippen molar-refractivity contribution >= 4 is 23.1 Å². The van der Waals surface area contributed by atoms with Crippen LogP contribution in [0.4, 0.5) is 19.3 Å². The number of nitrogens with one attached hydrogen (secondary N) is 2. The van der Waals surface area contributed by atoms with Crippen LogP contribution in [0.2, 0.25) is 0 Å². The first-order chi connectivity index (χ1) is 10.0. The standard InChI is InChI=1S/C13H19F2N3O3S/c1-7(18-22(21)13(2,3)4)9-5-8(16-12(19)20)6-10(17-9)11(14)15/h5-7,11,18H,1-4H3,(H,16,17)(H,19,20)/t7-,22+/m1/s1. The summed E-state index contributed by atoms with van der Waals surface area (Å²) < 4.78 is 40.0. The van der Waals surface area contributed by atoms with Crippen LogP contribution < -0.4 is 10.0 Å². The maximum atomic E-state index is 12.9. The van der Waals surface area contributed by atoms with Crippen molar-refractivity contribution in [1.82, 2.24) is 9.71 Å². The summed E-state index contributed by atoms with van der Waals surface area (Å²) in [7, 11) is 0. The maximum Gasteiger partial charge on any atom is 0.409 e. The molecule has 1 aromatic rings. The van der Waals surface area contributed by atoms with Crippen molar-refractivity contribution in [3.63, 3.8) is 0 Å². The van der Waals surface area contributed by atoms with E-state index in [2.05, 4.69) is 9.71 Å². The van der Waals surface area contributed by atoms with Gasteiger partial charge in [-0.1, -0.05) is 0 Å². The Bertz CT molecular complexity index is 538. The molecule has 1 aromatic heterocycles. The number of aromatic nitrogens is 1. The Hall–Kier alpha value is -1.45. The normalized spacial score (nSPS) is 14.7. The summed E-state index contributed by atoms with van der Waals surface area (Å²) in [4.78, 5) is 14.5. The topological polar surface area (TPSA) is 97.3 Å². The van der Waals surface area contributed by atoms with E-state index in [-0.39, 0.29) is 11.4 Å². The van der Waals surface area contributed by atoms with Gasteiger partial charge in [0.1, 0.15) is 10.4 Å². The Morgan fingerprint density at radius 1 is 1.36 bits per heavy atom. The summed E-state index contributed by atoms with van der Waals surface area (Å²) in [5, 5.41) is 10.7. The number of carbonyl (C=O) groups is 1. The number of hydrogen-bond acceptors (Lipinski definition) is 4. The molecule has 22 heavy (non-hydrogen) atoms. The first kappa shape index (κ1) is 18.6. The predicted molar refractivity (Wildman–Crippen MR) is 80.3 cm³/mol. The molecule has 0 radical (unpaired) electrons. The molecule has 1 amide bonds. The zero-order valence-corrected chi connectivity index (χ0v) is 13.5. The molecule has 0 aliphatic heterocycles. The van der Waals surface area contributed by atoms with Gasteiger partial charge in [-0.25, -0.2) is 18.6 Å². The highest BCUT2D eigenvalue weighted by atomic mass is 32.2. The van der Waals surface area contributed by atoms with Crippen LogP contribution in [0, 0.1) is 0 Å². The van der Waals surface area contributed by atoms with Crippen LogP contribution in [-0.4, -0.2) is 25.5 Å². The van der Waals surface area contributed by atoms with E-state index < -0.39 is 40.4 Å². The maximum absolute atomic E-state index is 12.9. The SMILES string of the molecule is C[C@@H](N[S@@+]([O-])C(C)(C)C)c1cc(NC(=O)O)cc(C(F)F)n1. The predicted octanol–water partition coefficient (Wildman–Crippen LogP) is 3.22. The third-order valence-electron chi connectivity index (χ3n) is 2.62. The molecule has 0 aliphatic carbocycles. The van der Waals surface area contributed by atoms with E-state index in [9.17, 15) is 18.1 Å². The van der Waals surface area contributed by atoms with Gasteiger partial charge >= 0.3 is 6.09 Å². The molecule has 0 saturated heterocycles. The Labute approximate surface area is 130 Å². The summed E-state index contributed by atoms with van der Waals surface area (Å²) in [5.41, 5.74) is -0.376. The number of pyridine rings is 1. The number of anilines is 1. The van der Waals surface area contributed by atoms with Crippen molar-refractivity contribution in [1.29, 1.82) is 0 Å². The van der Waals surface area contributed by atoms with Crippen LogP contribution in [0.15, 0.2) is 12.1 Å². The molecule has 6 nitrogen and oxygen atoms in total. The van der Waals surface area contributed by atoms with Crippen LogP contribution in [0.5, 0.6) is 0 Å². The quantitative estimate of drug-likeness (QED) is 0.718. The summed E-state index contributed by atoms with van der Waals surface area (Å²) in [6, 6.07) is 1.71. The van der Waals surface area contributed by atoms with Gasteiger partial charge in [0.15, 0.2) is 0 Å². The third kappa shape index (κ3) is 5.39. The van der Waals surface area contributed by atoms with E-state index in [0.717, 1.165) is 6.07 Å². The Kier molecular flexibility index (Phi) is 6.09. The molecule has 2 atom stereocenters. The van der Waals surface area contributed by atoms with Gasteiger partial charge in [0.05, 0.1) is 11.7 Å². The smallest absolute Gasteiger partial charge is 0.409 e. The number of halogens is 2. The van der Waals surface area contributed by atoms with E-state index in [1.807, 2.05) is 5.32 Å². The zero-order chi connectivity index (χ0) is 17.1. The number of hydrogen-bond donors (Lipinski definition) is 3. The molecule has 0 aromatic carbocycles. The van der Waals surface area contributed by atoms with Gasteiger partial charge in [0, 0.05) is 17.0 Å². The van der Waals surface area contributed by atoms with Gasteiger partial charge in [-0.3, -0.25) is 5.32 Å². The molecular formula is C13H19F2N3O3S. The van der Waals surface area contributed by atoms with Crippen LogP contribution in [0.1, 0.15) is 51.6 Å². The lowest BCUT2D eigenvalue weighted by molar-refractivity contribution is 0.145. The number of alkyl halides is 2. The van der Waals surface area contributed by atoms with Crippen molar-refractivity contribution in [3.8, 4) is 0 Å². The Morgan fingerprint density at radius 2 is 1.91 bits per heavy atom. The third-order valence-corrected chi connectivity index (χ3v) is 4.30. The van der Waals surface area contributed by atoms with Gasteiger partial charge in [0.2, 0.25) is 0 Å². The molecule has 0 aliphatic rings. The average Bonchev–Trinajstić information content (AvgIpc) is 2.36. The fourth-order valence-corrected chi connectivity index (χ4v) is 2.30. The molecule has 0 saturated carbocycles. The highest BCUT2D eigenvalue weighted by Crippen LogP contribution is 2.25. The van der Waals surface area contributed by atoms with Gasteiger partial charge in [-0.2, -0.15) is 0 Å². The minimum atomic E-state index is -2.84. The molecule has 1 heterocycles. The molecule has 3 N–H and O–H groups in total. The minimum absolute atomic E-state index is 0.0111. The van der Waals surface area contributed by atoms with E-state index in [0.29, 0.717) is 0 Å². The lowest BCUT2D eigenvalue weighted by atomic mass is 10.2. The molecular weight excluding hydrogens is 316 g/mol. The molecule has 0 unspecified atom stereocenters. The van der Waals surface area contributed by atoms with Crippen molar-refractivity contribution in [2.45, 2.75) is 44.9 Å². The van der Waals surface area contributed by atoms with Crippen LogP contribution in [0.3, 0.4) is 0 Å². The summed E-state index contributed by atoms with van der Waals surface area (Å²) in [5.74, 6) is 0. The number of nitrogens with zero attached hydrogens (tertiary/aromatic N) is 1. The molecule has 124 valence electrons. The summed E-state index contributed by atoms with van der Waals surface area (Å²) >= 11 is -1.42. The van der Waals surface area contributed by atoms with Crippen molar-refractivity contribution in [3.05, 3.63) is 23.5 Å². The molecule has 1 rings (SSSR count). The van der Waals surface area contributed by atoms with Gasteiger partial charge in [-0.15, -0.1) is 4.72 Å². The molecule has 9 heteroatoms. The van der Waals surface area contributed by atoms with E-state index in [4.69, 9.17) is 5.11 Å². The molecule has 0 fully saturated rings. The monoisotopic (exact) mass is 335 g/mol. The molecule has 0 bridgehead atoms. The Balaban J connectivity index is 3.06. The number of amides is 1. The number of carboxylic acid groups (broad SMARTS) is 1. The second kappa shape index (κ2) is 7.21. The average molecular weight is 335 g/mol. The largest absolute Gasteiger partial charge is 0.598 e. The first-order valence-electron chi connectivity index (χ1n) is 6.48. The van der Waals surface area contributed by atoms with E-state index in [1.165, 1.54) is 6.07 Å². The van der Waals surface area contributed by atoms with Crippen molar-refractivity contribution < 1.29 is 23.2 Å². The Morgan fingerprint density at radius 3 is 2.36 bits per heavy atom. The van der Waals surface area contributed by atoms with E-state index >= 15 is 0 Å². The van der Waals surface area contributed by atoms with Gasteiger partial charge in [0.25, 0.3) is 6.43 Å². The number of rotatable bonds is 5. The first-order valence-corrected chi connectivity index (χ1v) is 7.63. The van der Waals surface area contributed by atoms with Gasteiger partial charge < -0.3 is 9.66 Å². The van der Waals surface area contributed by atoms with Crippen LogP contribution >= 0.6 is 0 Å². The fraction of sp³-hybridized carbons (Fsp3) is 0.538. The fourth-order valence-electron chi connectivity index (χ4n) is 1.50. The lowest BCUT2D eigenvalue weighted by Gasteiger charge is -2.26. The second-order valence-electron chi connectivity index (χ2n) is 5.66. The highest BCUT2D eigenvalue weighted by Gasteiger charge is 2.29.